The Morgan fingerprint density at radius 2 is 1.04 bits per heavy atom. The summed E-state index contributed by atoms with van der Waals surface area (Å²) in [5, 5.41) is 0. The molecule has 0 atom stereocenters. The monoisotopic (exact) mass is 2540 g/mol. The largest absolute Gasteiger partial charge is 0 e. The Balaban J connectivity index is -0.0000000151. The molecular formula is C11H15W13-. The van der Waals surface area contributed by atoms with Crippen molar-refractivity contribution >= 4 is 12.7 Å². The van der Waals surface area contributed by atoms with Gasteiger partial charge in [0.25, 0.3) is 0 Å². The van der Waals surface area contributed by atoms with Gasteiger partial charge in [-0.2, -0.15) is 0 Å². The molecule has 0 spiro atoms. The summed E-state index contributed by atoms with van der Waals surface area (Å²) >= 11 is 4.51. The summed E-state index contributed by atoms with van der Waals surface area (Å²) < 4.78 is 3.08. The van der Waals surface area contributed by atoms with Crippen LogP contribution in [0.15, 0.2) is 12.2 Å². The molecule has 1 saturated carbocycles. The first-order chi connectivity index (χ1) is 6.36. The molecule has 0 saturated heterocycles. The van der Waals surface area contributed by atoms with Crippen molar-refractivity contribution in [3.8, 4) is 0 Å². The van der Waals surface area contributed by atoms with Crippen LogP contribution in [0.5, 0.6) is 0 Å². The van der Waals surface area contributed by atoms with E-state index in [9.17, 15) is 0 Å². The van der Waals surface area contributed by atoms with Crippen LogP contribution in [0.2, 0.25) is 0 Å². The van der Waals surface area contributed by atoms with Crippen molar-refractivity contribution in [1.29, 1.82) is 0 Å². The molecule has 1 fully saturated rings. The third-order valence-corrected chi connectivity index (χ3v) is 8.16. The first kappa shape index (κ1) is 69.7. The van der Waals surface area contributed by atoms with E-state index in [4.69, 9.17) is 0 Å². The van der Waals surface area contributed by atoms with Crippen molar-refractivity contribution in [3.63, 3.8) is 0 Å². The van der Waals surface area contributed by atoms with Crippen LogP contribution in [-0.2, 0) is 269 Å². The van der Waals surface area contributed by atoms with Gasteiger partial charge in [-0.25, -0.2) is 0 Å². The maximum Gasteiger partial charge on any atom is 0 e. The smallest absolute Gasteiger partial charge is 0 e. The molecule has 0 aromatic heterocycles. The quantitative estimate of drug-likeness (QED) is 0.326. The normalized spacial score (nSPS) is 12.5. The molecule has 0 bridgehead atoms. The van der Waals surface area contributed by atoms with Crippen molar-refractivity contribution in [2.24, 2.45) is 5.41 Å². The molecule has 0 aromatic rings. The van der Waals surface area contributed by atoms with Crippen LogP contribution in [-0.4, -0.2) is 12.7 Å². The van der Waals surface area contributed by atoms with Crippen LogP contribution in [0.3, 0.4) is 0 Å². The van der Waals surface area contributed by atoms with Crippen LogP contribution < -0.4 is 0 Å². The second-order valence-electron chi connectivity index (χ2n) is 3.95. The van der Waals surface area contributed by atoms with Crippen molar-refractivity contribution in [3.05, 3.63) is 18.1 Å². The van der Waals surface area contributed by atoms with E-state index in [1.165, 1.54) is 28.8 Å². The molecule has 138 valence electrons. The van der Waals surface area contributed by atoms with Gasteiger partial charge in [0.2, 0.25) is 0 Å². The van der Waals surface area contributed by atoms with Gasteiger partial charge in [0.1, 0.15) is 0 Å². The SMILES string of the molecule is C=C1CC(C)(C)[C-](C)[C](=[W])[C]1=[W].[CH2]=[W].[W].[W].[W].[W].[W].[W].[W].[W].[W].[W]. The first-order valence-corrected chi connectivity index (χ1v) is 9.27. The third-order valence-electron chi connectivity index (χ3n) is 2.54. The van der Waals surface area contributed by atoms with Crippen molar-refractivity contribution in [2.45, 2.75) is 27.2 Å². The summed E-state index contributed by atoms with van der Waals surface area (Å²) in [7, 11) is 0. The van der Waals surface area contributed by atoms with Gasteiger partial charge in [-0.05, 0) is 0 Å². The summed E-state index contributed by atoms with van der Waals surface area (Å²) in [6.07, 6.45) is 1.15. The molecule has 24 heavy (non-hydrogen) atoms. The summed E-state index contributed by atoms with van der Waals surface area (Å²) in [6, 6.07) is 0. The van der Waals surface area contributed by atoms with Gasteiger partial charge in [0, 0.05) is 211 Å². The third kappa shape index (κ3) is 26.5. The summed E-state index contributed by atoms with van der Waals surface area (Å²) in [5.41, 5.74) is 1.72. The van der Waals surface area contributed by atoms with Gasteiger partial charge in [0.05, 0.1) is 0 Å². The molecule has 13 heteroatoms. The van der Waals surface area contributed by atoms with E-state index < -0.39 is 0 Å². The summed E-state index contributed by atoms with van der Waals surface area (Å²) in [4.78, 5) is 3.33. The fraction of sp³-hybridized carbons (Fsp3) is 0.455. The van der Waals surface area contributed by atoms with Gasteiger partial charge in [-0.1, -0.05) is 0 Å². The molecule has 0 nitrogen and oxygen atoms in total. The Kier molecular flexibility index (Phi) is 112. The molecule has 0 N–H and O–H groups in total. The molecule has 0 aromatic carbocycles. The molecule has 0 amide bonds. The van der Waals surface area contributed by atoms with Gasteiger partial charge < -0.3 is 0 Å². The molecule has 1 aliphatic carbocycles. The van der Waals surface area contributed by atoms with Crippen LogP contribution in [0.25, 0.3) is 0 Å². The minimum Gasteiger partial charge on any atom is 0 e. The molecule has 0 aliphatic heterocycles. The molecule has 1 aliphatic rings. The Bertz CT molecular complexity index is 290. The van der Waals surface area contributed by atoms with E-state index in [1.54, 1.807) is 48.5 Å². The Hall–Kier alpha value is 8.30. The number of rotatable bonds is 0. The molecular weight excluding hydrogens is 2520 g/mol. The second kappa shape index (κ2) is 38.6. The van der Waals surface area contributed by atoms with Crippen molar-refractivity contribution in [2.75, 3.05) is 0 Å². The van der Waals surface area contributed by atoms with Gasteiger partial charge in [-0.3, -0.25) is 0 Å². The molecule has 0 radical (unpaired) electrons. The van der Waals surface area contributed by atoms with E-state index in [1.807, 2.05) is 0 Å². The Morgan fingerprint density at radius 3 is 1.29 bits per heavy atom. The van der Waals surface area contributed by atoms with Crippen LogP contribution in [0.1, 0.15) is 27.2 Å². The average molecular weight is 2540 g/mol. The Labute approximate surface area is 324 Å². The molecule has 0 unspecified atom stereocenters. The summed E-state index contributed by atoms with van der Waals surface area (Å²) in [5.74, 6) is 1.58. The minimum atomic E-state index is 0. The topological polar surface area (TPSA) is 0 Å². The van der Waals surface area contributed by atoms with E-state index in [0.717, 1.165) is 6.42 Å². The van der Waals surface area contributed by atoms with E-state index in [2.05, 4.69) is 32.3 Å². The van der Waals surface area contributed by atoms with E-state index in [0.29, 0.717) is 5.41 Å². The Morgan fingerprint density at radius 1 is 0.792 bits per heavy atom. The average Bonchev–Trinajstić information content (AvgIpc) is 2.15. The van der Waals surface area contributed by atoms with E-state index in [-0.39, 0.29) is 211 Å². The zero-order chi connectivity index (χ0) is 11.5. The van der Waals surface area contributed by atoms with Crippen LogP contribution in [0.4, 0.5) is 0 Å². The van der Waals surface area contributed by atoms with Gasteiger partial charge >= 0.3 is 121 Å². The number of hydrogen-bond donors (Lipinski definition) is 0. The maximum absolute atomic E-state index is 4.14. The zero-order valence-electron chi connectivity index (χ0n) is 12.9. The van der Waals surface area contributed by atoms with Gasteiger partial charge in [0.15, 0.2) is 0 Å². The van der Waals surface area contributed by atoms with Crippen molar-refractivity contribution < 1.29 is 269 Å². The molecule has 1 rings (SSSR count). The zero-order valence-corrected chi connectivity index (χ0v) is 51.1. The standard InChI is InChI=1S/C10H13.CH2.13W/c1-8-5-6-9(2)10(3,4)7-8;;;;;;;;;;;;;;/h1,7H2,2-4H3;1H2;;;;;;;;;;;;;/q-1;;;;;;;;;;;;;;. The van der Waals surface area contributed by atoms with Crippen LogP contribution in [0, 0.1) is 11.3 Å². The second-order valence-corrected chi connectivity index (χ2v) is 6.88. The predicted octanol–water partition coefficient (Wildman–Crippen LogP) is 1.95. The van der Waals surface area contributed by atoms with Crippen molar-refractivity contribution in [1.82, 2.24) is 0 Å². The maximum atomic E-state index is 4.14. The minimum absolute atomic E-state index is 0. The fourth-order valence-corrected chi connectivity index (χ4v) is 3.71. The first-order valence-electron chi connectivity index (χ1n) is 4.26. The predicted molar refractivity (Wildman–Crippen MR) is 53.6 cm³/mol. The van der Waals surface area contributed by atoms with Crippen LogP contribution >= 0.6 is 0 Å². The number of hydrogen-bond acceptors (Lipinski definition) is 0. The number of allylic oxidation sites excluding steroid dienone is 1. The molecule has 0 heterocycles. The van der Waals surface area contributed by atoms with Gasteiger partial charge in [-0.15, -0.1) is 0 Å². The fourth-order valence-electron chi connectivity index (χ4n) is 1.38. The summed E-state index contributed by atoms with van der Waals surface area (Å²) in [6.45, 7) is 11.0. The van der Waals surface area contributed by atoms with E-state index >= 15 is 0 Å².